The molecule has 7 nitrogen and oxygen atoms in total. The van der Waals surface area contributed by atoms with Crippen LogP contribution in [0.3, 0.4) is 0 Å². The van der Waals surface area contributed by atoms with E-state index in [0.29, 0.717) is 11.8 Å². The molecule has 0 atom stereocenters. The third-order valence-corrected chi connectivity index (χ3v) is 4.25. The highest BCUT2D eigenvalue weighted by Crippen LogP contribution is 2.22. The van der Waals surface area contributed by atoms with Crippen molar-refractivity contribution in [2.24, 2.45) is 0 Å². The van der Waals surface area contributed by atoms with Gasteiger partial charge in [-0.15, -0.1) is 0 Å². The molecule has 0 bridgehead atoms. The van der Waals surface area contributed by atoms with Crippen LogP contribution in [0.1, 0.15) is 12.8 Å². The Morgan fingerprint density at radius 1 is 1.14 bits per heavy atom. The molecule has 1 aliphatic carbocycles. The fraction of sp³-hybridized carbons (Fsp3) is 0.231. The third kappa shape index (κ3) is 4.69. The lowest BCUT2D eigenvalue weighted by atomic mass is 10.3. The molecule has 21 heavy (non-hydrogen) atoms. The van der Waals surface area contributed by atoms with Gasteiger partial charge in [0.1, 0.15) is 0 Å². The molecular weight excluding hydrogens is 296 g/mol. The predicted octanol–water partition coefficient (Wildman–Crippen LogP) is 0.707. The number of hydrogen-bond acceptors (Lipinski definition) is 4. The van der Waals surface area contributed by atoms with Gasteiger partial charge in [0.2, 0.25) is 15.9 Å². The van der Waals surface area contributed by atoms with Gasteiger partial charge in [-0.05, 0) is 37.1 Å². The van der Waals surface area contributed by atoms with E-state index in [1.54, 1.807) is 0 Å². The van der Waals surface area contributed by atoms with E-state index >= 15 is 0 Å². The van der Waals surface area contributed by atoms with Gasteiger partial charge in [0.25, 0.3) is 0 Å². The van der Waals surface area contributed by atoms with E-state index in [9.17, 15) is 18.0 Å². The minimum Gasteiger partial charge on any atom is -0.478 e. The summed E-state index contributed by atoms with van der Waals surface area (Å²) in [7, 11) is -3.52. The fourth-order valence-corrected chi connectivity index (χ4v) is 2.84. The quantitative estimate of drug-likeness (QED) is 0.670. The van der Waals surface area contributed by atoms with Gasteiger partial charge in [-0.1, -0.05) is 0 Å². The second kappa shape index (κ2) is 6.06. The number of anilines is 1. The van der Waals surface area contributed by atoms with Crippen molar-refractivity contribution in [1.29, 1.82) is 0 Å². The van der Waals surface area contributed by atoms with Gasteiger partial charge < -0.3 is 10.4 Å². The monoisotopic (exact) mass is 310 g/mol. The van der Waals surface area contributed by atoms with Crippen LogP contribution < -0.4 is 10.0 Å². The topological polar surface area (TPSA) is 113 Å². The molecule has 0 radical (unpaired) electrons. The molecule has 0 unspecified atom stereocenters. The maximum absolute atomic E-state index is 11.9. The molecule has 1 fully saturated rings. The summed E-state index contributed by atoms with van der Waals surface area (Å²) < 4.78 is 26.4. The lowest BCUT2D eigenvalue weighted by Crippen LogP contribution is -2.25. The van der Waals surface area contributed by atoms with Gasteiger partial charge in [-0.2, -0.15) is 0 Å². The Bertz CT molecular complexity index is 675. The highest BCUT2D eigenvalue weighted by Gasteiger charge is 2.27. The molecule has 2 rings (SSSR count). The molecule has 0 saturated heterocycles. The highest BCUT2D eigenvalue weighted by atomic mass is 32.2. The van der Waals surface area contributed by atoms with E-state index in [-0.39, 0.29) is 10.9 Å². The molecule has 1 saturated carbocycles. The summed E-state index contributed by atoms with van der Waals surface area (Å²) in [6.07, 6.45) is 3.29. The summed E-state index contributed by atoms with van der Waals surface area (Å²) >= 11 is 0. The molecule has 8 heteroatoms. The standard InChI is InChI=1S/C13H14N2O5S/c16-12(7-8-13(17)18)14-9-3-5-11(6-4-9)21(19,20)15-10-1-2-10/h3-8,10,15H,1-2H2,(H,14,16)(H,17,18)/b8-7+. The summed E-state index contributed by atoms with van der Waals surface area (Å²) in [5.74, 6) is -1.83. The first-order chi connectivity index (χ1) is 9.87. The van der Waals surface area contributed by atoms with Gasteiger partial charge in [0.15, 0.2) is 0 Å². The number of carboxylic acids is 1. The van der Waals surface area contributed by atoms with Crippen molar-refractivity contribution in [3.8, 4) is 0 Å². The summed E-state index contributed by atoms with van der Waals surface area (Å²) in [6.45, 7) is 0. The van der Waals surface area contributed by atoms with Gasteiger partial charge in [0.05, 0.1) is 4.90 Å². The Labute approximate surface area is 121 Å². The first-order valence-electron chi connectivity index (χ1n) is 6.21. The summed E-state index contributed by atoms with van der Waals surface area (Å²) in [5.41, 5.74) is 0.375. The summed E-state index contributed by atoms with van der Waals surface area (Å²) in [5, 5.41) is 10.8. The molecule has 1 aliphatic rings. The van der Waals surface area contributed by atoms with Crippen LogP contribution in [-0.4, -0.2) is 31.4 Å². The Morgan fingerprint density at radius 3 is 2.29 bits per heavy atom. The normalized spacial score (nSPS) is 15.0. The zero-order valence-electron chi connectivity index (χ0n) is 10.9. The van der Waals surface area contributed by atoms with Crippen LogP contribution in [0, 0.1) is 0 Å². The molecule has 1 aromatic carbocycles. The number of benzene rings is 1. The number of hydrogen-bond donors (Lipinski definition) is 3. The van der Waals surface area contributed by atoms with E-state index in [4.69, 9.17) is 5.11 Å². The van der Waals surface area contributed by atoms with Crippen molar-refractivity contribution in [2.75, 3.05) is 5.32 Å². The van der Waals surface area contributed by atoms with Crippen molar-refractivity contribution < 1.29 is 23.1 Å². The van der Waals surface area contributed by atoms with E-state index in [0.717, 1.165) is 18.9 Å². The molecule has 0 aromatic heterocycles. The third-order valence-electron chi connectivity index (χ3n) is 2.71. The van der Waals surface area contributed by atoms with Crippen molar-refractivity contribution in [2.45, 2.75) is 23.8 Å². The Morgan fingerprint density at radius 2 is 1.76 bits per heavy atom. The zero-order chi connectivity index (χ0) is 15.5. The minimum atomic E-state index is -3.52. The zero-order valence-corrected chi connectivity index (χ0v) is 11.8. The van der Waals surface area contributed by atoms with Crippen LogP contribution in [0.2, 0.25) is 0 Å². The number of carbonyl (C=O) groups is 2. The molecular formula is C13H14N2O5S. The largest absolute Gasteiger partial charge is 0.478 e. The number of aliphatic carboxylic acids is 1. The number of rotatable bonds is 6. The molecule has 112 valence electrons. The van der Waals surface area contributed by atoms with Crippen molar-refractivity contribution in [3.05, 3.63) is 36.4 Å². The Hall–Kier alpha value is -2.19. The number of carboxylic acid groups (broad SMARTS) is 1. The van der Waals surface area contributed by atoms with E-state index in [2.05, 4.69) is 10.0 Å². The van der Waals surface area contributed by atoms with Crippen molar-refractivity contribution >= 4 is 27.6 Å². The summed E-state index contributed by atoms with van der Waals surface area (Å²) in [6, 6.07) is 5.65. The van der Waals surface area contributed by atoms with Crippen LogP contribution in [-0.2, 0) is 19.6 Å². The fourth-order valence-electron chi connectivity index (χ4n) is 1.54. The van der Waals surface area contributed by atoms with E-state index in [1.807, 2.05) is 0 Å². The van der Waals surface area contributed by atoms with Crippen LogP contribution >= 0.6 is 0 Å². The second-order valence-corrected chi connectivity index (χ2v) is 6.29. The lowest BCUT2D eigenvalue weighted by Gasteiger charge is -2.07. The Balaban J connectivity index is 2.01. The maximum atomic E-state index is 11.9. The van der Waals surface area contributed by atoms with Crippen molar-refractivity contribution in [3.63, 3.8) is 0 Å². The molecule has 1 amide bonds. The van der Waals surface area contributed by atoms with Crippen LogP contribution in [0.25, 0.3) is 0 Å². The first-order valence-corrected chi connectivity index (χ1v) is 7.69. The minimum absolute atomic E-state index is 0.0236. The molecule has 0 spiro atoms. The van der Waals surface area contributed by atoms with Gasteiger partial charge in [-0.3, -0.25) is 4.79 Å². The number of nitrogens with one attached hydrogen (secondary N) is 2. The molecule has 1 aromatic rings. The van der Waals surface area contributed by atoms with E-state index in [1.165, 1.54) is 24.3 Å². The highest BCUT2D eigenvalue weighted by molar-refractivity contribution is 7.89. The number of amides is 1. The first kappa shape index (κ1) is 15.2. The molecule has 0 heterocycles. The molecule has 3 N–H and O–H groups in total. The number of carbonyl (C=O) groups excluding carboxylic acids is 1. The Kier molecular flexibility index (Phi) is 4.39. The lowest BCUT2D eigenvalue weighted by molar-refractivity contribution is -0.131. The van der Waals surface area contributed by atoms with Gasteiger partial charge >= 0.3 is 5.97 Å². The van der Waals surface area contributed by atoms with Crippen molar-refractivity contribution in [1.82, 2.24) is 4.72 Å². The maximum Gasteiger partial charge on any atom is 0.328 e. The van der Waals surface area contributed by atoms with Gasteiger partial charge in [0, 0.05) is 23.9 Å². The number of sulfonamides is 1. The predicted molar refractivity (Wildman–Crippen MR) is 75.2 cm³/mol. The average molecular weight is 310 g/mol. The molecule has 0 aliphatic heterocycles. The van der Waals surface area contributed by atoms with Crippen LogP contribution in [0.4, 0.5) is 5.69 Å². The summed E-state index contributed by atoms with van der Waals surface area (Å²) in [4.78, 5) is 21.7. The van der Waals surface area contributed by atoms with Crippen LogP contribution in [0.5, 0.6) is 0 Å². The van der Waals surface area contributed by atoms with E-state index < -0.39 is 21.9 Å². The van der Waals surface area contributed by atoms with Crippen LogP contribution in [0.15, 0.2) is 41.3 Å². The SMILES string of the molecule is O=C(O)/C=C/C(=O)Nc1ccc(S(=O)(=O)NC2CC2)cc1. The average Bonchev–Trinajstić information content (AvgIpc) is 3.20. The second-order valence-electron chi connectivity index (χ2n) is 4.58. The smallest absolute Gasteiger partial charge is 0.328 e. The van der Waals surface area contributed by atoms with Gasteiger partial charge in [-0.25, -0.2) is 17.9 Å².